The van der Waals surface area contributed by atoms with Crippen molar-refractivity contribution in [1.29, 1.82) is 0 Å². The van der Waals surface area contributed by atoms with Crippen LogP contribution < -0.4 is 10.1 Å². The molecule has 1 aromatic rings. The molecule has 0 aliphatic heterocycles. The predicted molar refractivity (Wildman–Crippen MR) is 82.3 cm³/mol. The summed E-state index contributed by atoms with van der Waals surface area (Å²) < 4.78 is 5.84. The number of aliphatic hydroxyl groups is 1. The van der Waals surface area contributed by atoms with E-state index in [4.69, 9.17) is 4.74 Å². The molecule has 2 N–H and O–H groups in total. The molecule has 3 nitrogen and oxygen atoms in total. The molecule has 2 rings (SSSR count). The van der Waals surface area contributed by atoms with Gasteiger partial charge in [0.25, 0.3) is 0 Å². The van der Waals surface area contributed by atoms with Gasteiger partial charge in [0.05, 0.1) is 12.1 Å². The van der Waals surface area contributed by atoms with Crippen LogP contribution in [0.15, 0.2) is 24.3 Å². The number of nitrogens with one attached hydrogen (secondary N) is 1. The van der Waals surface area contributed by atoms with Gasteiger partial charge in [0, 0.05) is 6.04 Å². The number of hydrogen-bond acceptors (Lipinski definition) is 3. The maximum atomic E-state index is 9.55. The molecule has 1 aliphatic carbocycles. The molecule has 1 fully saturated rings. The van der Waals surface area contributed by atoms with Crippen LogP contribution in [0, 0.1) is 0 Å². The van der Waals surface area contributed by atoms with Crippen molar-refractivity contribution in [2.75, 3.05) is 13.2 Å². The monoisotopic (exact) mass is 277 g/mol. The number of aliphatic hydroxyl groups excluding tert-OH is 1. The summed E-state index contributed by atoms with van der Waals surface area (Å²) >= 11 is 0. The fraction of sp³-hybridized carbons (Fsp3) is 0.647. The zero-order valence-corrected chi connectivity index (χ0v) is 12.9. The molecule has 0 spiro atoms. The van der Waals surface area contributed by atoms with Crippen molar-refractivity contribution in [3.8, 4) is 5.75 Å². The van der Waals surface area contributed by atoms with Gasteiger partial charge >= 0.3 is 0 Å². The minimum Gasteiger partial charge on any atom is -0.492 e. The van der Waals surface area contributed by atoms with Crippen molar-refractivity contribution >= 4 is 0 Å². The standard InChI is InChI=1S/C17H27NO2/c1-4-13(2)14-5-9-16(10-6-14)20-12-17(3,11-19)18-15-7-8-15/h5-6,9-10,13,15,18-19H,4,7-8,11-12H2,1-3H3. The van der Waals surface area contributed by atoms with Crippen molar-refractivity contribution in [3.63, 3.8) is 0 Å². The van der Waals surface area contributed by atoms with E-state index in [2.05, 4.69) is 31.3 Å². The van der Waals surface area contributed by atoms with Gasteiger partial charge in [-0.3, -0.25) is 0 Å². The molecule has 20 heavy (non-hydrogen) atoms. The fourth-order valence-electron chi connectivity index (χ4n) is 2.22. The van der Waals surface area contributed by atoms with Gasteiger partial charge in [0.1, 0.15) is 12.4 Å². The number of hydrogen-bond donors (Lipinski definition) is 2. The highest BCUT2D eigenvalue weighted by Crippen LogP contribution is 2.24. The summed E-state index contributed by atoms with van der Waals surface area (Å²) in [6.45, 7) is 7.03. The molecule has 3 heteroatoms. The first kappa shape index (κ1) is 15.3. The Kier molecular flexibility index (Phi) is 5.06. The average Bonchev–Trinajstić information content (AvgIpc) is 3.28. The number of ether oxygens (including phenoxy) is 1. The summed E-state index contributed by atoms with van der Waals surface area (Å²) in [5.74, 6) is 1.46. The predicted octanol–water partition coefficient (Wildman–Crippen LogP) is 3.08. The fourth-order valence-corrected chi connectivity index (χ4v) is 2.22. The number of benzene rings is 1. The third-order valence-corrected chi connectivity index (χ3v) is 4.10. The Hall–Kier alpha value is -1.06. The van der Waals surface area contributed by atoms with Crippen molar-refractivity contribution in [2.45, 2.75) is 57.5 Å². The topological polar surface area (TPSA) is 41.5 Å². The first-order valence-corrected chi connectivity index (χ1v) is 7.67. The van der Waals surface area contributed by atoms with Gasteiger partial charge in [0.2, 0.25) is 0 Å². The van der Waals surface area contributed by atoms with E-state index in [9.17, 15) is 5.11 Å². The molecule has 1 aliphatic rings. The van der Waals surface area contributed by atoms with Gasteiger partial charge in [-0.2, -0.15) is 0 Å². The average molecular weight is 277 g/mol. The van der Waals surface area contributed by atoms with E-state index in [-0.39, 0.29) is 12.1 Å². The summed E-state index contributed by atoms with van der Waals surface area (Å²) in [7, 11) is 0. The lowest BCUT2D eigenvalue weighted by Gasteiger charge is -2.28. The van der Waals surface area contributed by atoms with Crippen LogP contribution in [0.25, 0.3) is 0 Å². The van der Waals surface area contributed by atoms with E-state index in [0.717, 1.165) is 12.2 Å². The van der Waals surface area contributed by atoms with Crippen molar-refractivity contribution in [1.82, 2.24) is 5.32 Å². The second-order valence-electron chi connectivity index (χ2n) is 6.30. The zero-order chi connectivity index (χ0) is 14.6. The van der Waals surface area contributed by atoms with E-state index in [1.54, 1.807) is 0 Å². The highest BCUT2D eigenvalue weighted by Gasteiger charge is 2.32. The Morgan fingerprint density at radius 1 is 1.35 bits per heavy atom. The molecule has 0 radical (unpaired) electrons. The molecule has 2 unspecified atom stereocenters. The van der Waals surface area contributed by atoms with Gasteiger partial charge in [-0.05, 0) is 49.8 Å². The van der Waals surface area contributed by atoms with Crippen LogP contribution in [0.3, 0.4) is 0 Å². The first-order chi connectivity index (χ1) is 9.56. The van der Waals surface area contributed by atoms with Crippen LogP contribution in [0.1, 0.15) is 51.5 Å². The molecule has 0 saturated heterocycles. The molecule has 0 aromatic heterocycles. The van der Waals surface area contributed by atoms with Crippen LogP contribution >= 0.6 is 0 Å². The molecule has 1 saturated carbocycles. The van der Waals surface area contributed by atoms with Crippen LogP contribution in [-0.4, -0.2) is 29.9 Å². The Bertz CT molecular complexity index is 414. The lowest BCUT2D eigenvalue weighted by atomic mass is 9.99. The molecule has 0 bridgehead atoms. The molecule has 2 atom stereocenters. The van der Waals surface area contributed by atoms with Gasteiger partial charge in [0.15, 0.2) is 0 Å². The minimum atomic E-state index is -0.351. The quantitative estimate of drug-likeness (QED) is 0.767. The summed E-state index contributed by atoms with van der Waals surface area (Å²) in [6.07, 6.45) is 3.56. The molecular weight excluding hydrogens is 250 g/mol. The third kappa shape index (κ3) is 4.22. The molecule has 0 heterocycles. The van der Waals surface area contributed by atoms with Crippen LogP contribution in [-0.2, 0) is 0 Å². The second-order valence-corrected chi connectivity index (χ2v) is 6.30. The Morgan fingerprint density at radius 2 is 2.00 bits per heavy atom. The lowest BCUT2D eigenvalue weighted by molar-refractivity contribution is 0.114. The van der Waals surface area contributed by atoms with E-state index >= 15 is 0 Å². The molecular formula is C17H27NO2. The smallest absolute Gasteiger partial charge is 0.119 e. The van der Waals surface area contributed by atoms with E-state index in [1.165, 1.54) is 18.4 Å². The Balaban J connectivity index is 1.88. The summed E-state index contributed by atoms with van der Waals surface area (Å²) in [5, 5.41) is 13.0. The van der Waals surface area contributed by atoms with Crippen LogP contribution in [0.2, 0.25) is 0 Å². The highest BCUT2D eigenvalue weighted by atomic mass is 16.5. The van der Waals surface area contributed by atoms with Crippen molar-refractivity contribution in [3.05, 3.63) is 29.8 Å². The van der Waals surface area contributed by atoms with E-state index in [1.807, 2.05) is 19.1 Å². The van der Waals surface area contributed by atoms with Crippen LogP contribution in [0.4, 0.5) is 0 Å². The summed E-state index contributed by atoms with van der Waals surface area (Å²) in [4.78, 5) is 0. The van der Waals surface area contributed by atoms with Crippen molar-refractivity contribution in [2.24, 2.45) is 0 Å². The first-order valence-electron chi connectivity index (χ1n) is 7.67. The molecule has 1 aromatic carbocycles. The highest BCUT2D eigenvalue weighted by molar-refractivity contribution is 5.29. The lowest BCUT2D eigenvalue weighted by Crippen LogP contribution is -2.51. The molecule has 112 valence electrons. The van der Waals surface area contributed by atoms with Gasteiger partial charge < -0.3 is 15.2 Å². The van der Waals surface area contributed by atoms with E-state index in [0.29, 0.717) is 18.6 Å². The van der Waals surface area contributed by atoms with Crippen molar-refractivity contribution < 1.29 is 9.84 Å². The van der Waals surface area contributed by atoms with Crippen LogP contribution in [0.5, 0.6) is 5.75 Å². The van der Waals surface area contributed by atoms with Gasteiger partial charge in [-0.15, -0.1) is 0 Å². The Labute approximate surface area is 122 Å². The van der Waals surface area contributed by atoms with Gasteiger partial charge in [-0.25, -0.2) is 0 Å². The SMILES string of the molecule is CCC(C)c1ccc(OCC(C)(CO)NC2CC2)cc1. The minimum absolute atomic E-state index is 0.0917. The maximum Gasteiger partial charge on any atom is 0.119 e. The number of rotatable bonds is 8. The largest absolute Gasteiger partial charge is 0.492 e. The molecule has 0 amide bonds. The van der Waals surface area contributed by atoms with E-state index < -0.39 is 0 Å². The summed E-state index contributed by atoms with van der Waals surface area (Å²) in [6, 6.07) is 8.87. The van der Waals surface area contributed by atoms with Gasteiger partial charge in [-0.1, -0.05) is 26.0 Å². The zero-order valence-electron chi connectivity index (χ0n) is 12.9. The maximum absolute atomic E-state index is 9.55. The Morgan fingerprint density at radius 3 is 2.50 bits per heavy atom. The second kappa shape index (κ2) is 6.59. The summed E-state index contributed by atoms with van der Waals surface area (Å²) in [5.41, 5.74) is 0.997. The normalized spacial score (nSPS) is 19.4. The third-order valence-electron chi connectivity index (χ3n) is 4.10.